The van der Waals surface area contributed by atoms with E-state index in [4.69, 9.17) is 0 Å². The van der Waals surface area contributed by atoms with E-state index in [-0.39, 0.29) is 6.03 Å². The van der Waals surface area contributed by atoms with Crippen molar-refractivity contribution in [3.05, 3.63) is 78.5 Å². The monoisotopic (exact) mass is 393 g/mol. The van der Waals surface area contributed by atoms with Crippen molar-refractivity contribution in [1.29, 1.82) is 0 Å². The maximum Gasteiger partial charge on any atom is 0.329 e. The first-order chi connectivity index (χ1) is 14.0. The van der Waals surface area contributed by atoms with Gasteiger partial charge in [-0.25, -0.2) is 13.6 Å². The lowest BCUT2D eigenvalue weighted by Crippen LogP contribution is -2.50. The summed E-state index contributed by atoms with van der Waals surface area (Å²) in [5.74, 6) is -1.21. The van der Waals surface area contributed by atoms with Crippen LogP contribution in [0.5, 0.6) is 0 Å². The number of piperazine rings is 1. The topological polar surface area (TPSA) is 28.5 Å². The average Bonchev–Trinajstić information content (AvgIpc) is 3.06. The van der Waals surface area contributed by atoms with Gasteiger partial charge < -0.3 is 9.80 Å². The minimum atomic E-state index is -0.607. The number of aromatic nitrogens is 1. The fourth-order valence-corrected chi connectivity index (χ4v) is 3.93. The summed E-state index contributed by atoms with van der Waals surface area (Å²) in [6.07, 6.45) is 3.40. The zero-order valence-electron chi connectivity index (χ0n) is 15.9. The molecule has 148 valence electrons. The van der Waals surface area contributed by atoms with E-state index >= 15 is 0 Å². The van der Waals surface area contributed by atoms with Crippen LogP contribution >= 0.6 is 0 Å². The van der Waals surface area contributed by atoms with Gasteiger partial charge in [-0.15, -0.1) is 0 Å². The van der Waals surface area contributed by atoms with Gasteiger partial charge >= 0.3 is 6.03 Å². The smallest absolute Gasteiger partial charge is 0.329 e. The summed E-state index contributed by atoms with van der Waals surface area (Å²) >= 11 is 0. The molecule has 2 heterocycles. The van der Waals surface area contributed by atoms with E-state index in [2.05, 4.69) is 13.2 Å². The molecule has 0 saturated carbocycles. The Balaban J connectivity index is 1.61. The van der Waals surface area contributed by atoms with Crippen molar-refractivity contribution in [2.75, 3.05) is 31.1 Å². The van der Waals surface area contributed by atoms with Crippen molar-refractivity contribution >= 4 is 34.8 Å². The van der Waals surface area contributed by atoms with Gasteiger partial charge in [-0.2, -0.15) is 0 Å². The van der Waals surface area contributed by atoms with E-state index in [1.165, 1.54) is 12.1 Å². The van der Waals surface area contributed by atoms with Crippen molar-refractivity contribution < 1.29 is 13.6 Å². The number of halogens is 2. The van der Waals surface area contributed by atoms with Gasteiger partial charge in [0, 0.05) is 48.9 Å². The van der Waals surface area contributed by atoms with Gasteiger partial charge in [0.05, 0.1) is 11.2 Å². The van der Waals surface area contributed by atoms with Crippen molar-refractivity contribution in [2.24, 2.45) is 0 Å². The normalized spacial score (nSPS) is 14.3. The molecule has 0 unspecified atom stereocenters. The third-order valence-electron chi connectivity index (χ3n) is 5.30. The predicted octanol–water partition coefficient (Wildman–Crippen LogP) is 5.00. The Bertz CT molecular complexity index is 1090. The van der Waals surface area contributed by atoms with E-state index < -0.39 is 11.6 Å². The molecule has 2 aromatic carbocycles. The largest absolute Gasteiger partial charge is 0.368 e. The van der Waals surface area contributed by atoms with Crippen LogP contribution in [0.25, 0.3) is 23.1 Å². The lowest BCUT2D eigenvalue weighted by Gasteiger charge is -2.36. The summed E-state index contributed by atoms with van der Waals surface area (Å²) in [6.45, 7) is 9.63. The number of nitrogens with zero attached hydrogens (tertiary/aromatic N) is 3. The molecule has 0 bridgehead atoms. The van der Waals surface area contributed by atoms with Crippen LogP contribution < -0.4 is 4.90 Å². The van der Waals surface area contributed by atoms with Crippen molar-refractivity contribution in [1.82, 2.24) is 9.47 Å². The second kappa shape index (κ2) is 7.54. The highest BCUT2D eigenvalue weighted by molar-refractivity contribution is 6.00. The predicted molar refractivity (Wildman–Crippen MR) is 113 cm³/mol. The number of fused-ring (bicyclic) bond motifs is 1. The van der Waals surface area contributed by atoms with Crippen LogP contribution in [-0.2, 0) is 0 Å². The molecular weight excluding hydrogens is 372 g/mol. The zero-order valence-corrected chi connectivity index (χ0v) is 15.9. The van der Waals surface area contributed by atoms with Gasteiger partial charge in [0.25, 0.3) is 0 Å². The van der Waals surface area contributed by atoms with Crippen molar-refractivity contribution in [3.63, 3.8) is 0 Å². The first kappa shape index (κ1) is 18.9. The van der Waals surface area contributed by atoms with Crippen LogP contribution in [0, 0.1) is 11.6 Å². The van der Waals surface area contributed by atoms with E-state index in [9.17, 15) is 13.6 Å². The summed E-state index contributed by atoms with van der Waals surface area (Å²) in [6, 6.07) is 11.0. The Morgan fingerprint density at radius 3 is 2.21 bits per heavy atom. The number of hydrogen-bond donors (Lipinski definition) is 0. The quantitative estimate of drug-likeness (QED) is 0.627. The number of hydrogen-bond acceptors (Lipinski definition) is 2. The molecule has 3 aromatic rings. The third kappa shape index (κ3) is 3.31. The van der Waals surface area contributed by atoms with Crippen LogP contribution in [0.15, 0.2) is 55.6 Å². The molecule has 0 radical (unpaired) electrons. The molecule has 0 spiro atoms. The Morgan fingerprint density at radius 2 is 1.59 bits per heavy atom. The Hall–Kier alpha value is -3.41. The second-order valence-corrected chi connectivity index (χ2v) is 6.94. The van der Waals surface area contributed by atoms with Crippen molar-refractivity contribution in [2.45, 2.75) is 0 Å². The minimum Gasteiger partial charge on any atom is -0.368 e. The maximum absolute atomic E-state index is 13.5. The maximum atomic E-state index is 13.5. The highest BCUT2D eigenvalue weighted by Crippen LogP contribution is 2.29. The Morgan fingerprint density at radius 1 is 0.931 bits per heavy atom. The third-order valence-corrected chi connectivity index (χ3v) is 5.30. The lowest BCUT2D eigenvalue weighted by molar-refractivity contribution is 0.197. The number of anilines is 1. The highest BCUT2D eigenvalue weighted by atomic mass is 19.1. The second-order valence-electron chi connectivity index (χ2n) is 6.94. The van der Waals surface area contributed by atoms with Crippen LogP contribution in [0.2, 0.25) is 0 Å². The molecule has 4 nitrogen and oxygen atoms in total. The van der Waals surface area contributed by atoms with Gasteiger partial charge in [0.1, 0.15) is 11.6 Å². The number of carbonyl (C=O) groups excluding carboxylic acids is 1. The van der Waals surface area contributed by atoms with Crippen LogP contribution in [0.3, 0.4) is 0 Å². The number of benzene rings is 2. The van der Waals surface area contributed by atoms with Crippen LogP contribution in [0.4, 0.5) is 19.3 Å². The van der Waals surface area contributed by atoms with Crippen LogP contribution in [-0.4, -0.2) is 41.7 Å². The highest BCUT2D eigenvalue weighted by Gasteiger charge is 2.26. The van der Waals surface area contributed by atoms with Gasteiger partial charge in [-0.1, -0.05) is 37.4 Å². The van der Waals surface area contributed by atoms with Crippen molar-refractivity contribution in [3.8, 4) is 0 Å². The van der Waals surface area contributed by atoms with Crippen LogP contribution in [0.1, 0.15) is 11.3 Å². The van der Waals surface area contributed by atoms with E-state index in [1.54, 1.807) is 21.6 Å². The molecule has 1 saturated heterocycles. The number of para-hydroxylation sites is 1. The van der Waals surface area contributed by atoms with E-state index in [0.717, 1.165) is 22.5 Å². The average molecular weight is 393 g/mol. The number of rotatable bonds is 3. The fourth-order valence-electron chi connectivity index (χ4n) is 3.93. The molecule has 0 N–H and O–H groups in total. The number of amides is 1. The summed E-state index contributed by atoms with van der Waals surface area (Å²) < 4.78 is 28.7. The van der Waals surface area contributed by atoms with E-state index in [0.29, 0.717) is 37.6 Å². The Labute approximate surface area is 168 Å². The van der Waals surface area contributed by atoms with Gasteiger partial charge in [0.2, 0.25) is 0 Å². The molecule has 1 aliphatic heterocycles. The van der Waals surface area contributed by atoms with Gasteiger partial charge in [-0.3, -0.25) is 4.57 Å². The molecule has 0 atom stereocenters. The molecule has 1 amide bonds. The molecule has 0 aliphatic carbocycles. The zero-order chi connectivity index (χ0) is 20.5. The molecule has 1 fully saturated rings. The fraction of sp³-hybridized carbons (Fsp3) is 0.174. The molecule has 6 heteroatoms. The first-order valence-electron chi connectivity index (χ1n) is 9.42. The lowest BCUT2D eigenvalue weighted by atomic mass is 10.1. The molecule has 1 aromatic heterocycles. The minimum absolute atomic E-state index is 0.144. The first-order valence-corrected chi connectivity index (χ1v) is 9.42. The number of carbonyl (C=O) groups is 1. The SMILES string of the molecule is C=Cc1c(C=C)n(C(=O)N2CCN(c3cc(F)cc(F)c3)CC2)c2ccccc12. The molecule has 29 heavy (non-hydrogen) atoms. The molecule has 1 aliphatic rings. The standard InChI is InChI=1S/C23H21F2N3O/c1-3-19-20-7-5-6-8-22(20)28(21(19)4-2)23(29)27-11-9-26(10-12-27)18-14-16(24)13-17(25)15-18/h3-8,13-15H,1-2,9-12H2. The van der Waals surface area contributed by atoms with E-state index in [1.807, 2.05) is 29.2 Å². The summed E-state index contributed by atoms with van der Waals surface area (Å²) in [4.78, 5) is 17.0. The summed E-state index contributed by atoms with van der Waals surface area (Å²) in [7, 11) is 0. The Kier molecular flexibility index (Phi) is 4.92. The molecule has 4 rings (SSSR count). The summed E-state index contributed by atoms with van der Waals surface area (Å²) in [5.41, 5.74) is 2.87. The van der Waals surface area contributed by atoms with Gasteiger partial charge in [-0.05, 0) is 24.3 Å². The molecular formula is C23H21F2N3O. The van der Waals surface area contributed by atoms with Gasteiger partial charge in [0.15, 0.2) is 0 Å². The summed E-state index contributed by atoms with van der Waals surface area (Å²) in [5, 5.41) is 0.944.